The lowest BCUT2D eigenvalue weighted by atomic mass is 10.2. The van der Waals surface area contributed by atoms with E-state index in [0.717, 1.165) is 12.2 Å². The van der Waals surface area contributed by atoms with Crippen LogP contribution in [0.1, 0.15) is 17.5 Å². The van der Waals surface area contributed by atoms with Crippen LogP contribution in [0.5, 0.6) is 0 Å². The number of thiophene rings is 1. The van der Waals surface area contributed by atoms with E-state index in [2.05, 4.69) is 34.3 Å². The minimum atomic E-state index is 0.285. The van der Waals surface area contributed by atoms with Crippen LogP contribution in [0.4, 0.5) is 11.5 Å². The summed E-state index contributed by atoms with van der Waals surface area (Å²) in [6, 6.07) is 10.1. The van der Waals surface area contributed by atoms with E-state index in [9.17, 15) is 0 Å². The fraction of sp³-hybridized carbons (Fsp3) is 0.286. The van der Waals surface area contributed by atoms with E-state index in [0.29, 0.717) is 11.7 Å². The van der Waals surface area contributed by atoms with Gasteiger partial charge in [0.05, 0.1) is 5.69 Å². The Hall–Kier alpha value is -2.06. The number of aromatic nitrogens is 1. The molecule has 4 nitrogen and oxygen atoms in total. The maximum Gasteiger partial charge on any atom is 0.165 e. The SMILES string of the molecule is CC(Cc1cccs1)N(C)c1ccc(N)c(C#N)n1. The fourth-order valence-electron chi connectivity index (χ4n) is 1.83. The summed E-state index contributed by atoms with van der Waals surface area (Å²) in [6.07, 6.45) is 0.960. The Balaban J connectivity index is 2.15. The van der Waals surface area contributed by atoms with E-state index in [4.69, 9.17) is 11.0 Å². The summed E-state index contributed by atoms with van der Waals surface area (Å²) in [4.78, 5) is 7.70. The molecule has 0 aromatic carbocycles. The molecule has 2 rings (SSSR count). The molecule has 1 unspecified atom stereocenters. The second-order valence-electron chi connectivity index (χ2n) is 4.46. The van der Waals surface area contributed by atoms with E-state index in [1.807, 2.05) is 19.2 Å². The molecule has 0 spiro atoms. The number of pyridine rings is 1. The standard InChI is InChI=1S/C14H16N4S/c1-10(8-11-4-3-7-19-11)18(2)14-6-5-12(16)13(9-15)17-14/h3-7,10H,8,16H2,1-2H3. The molecule has 0 aliphatic rings. The molecule has 5 heteroatoms. The van der Waals surface area contributed by atoms with E-state index >= 15 is 0 Å². The van der Waals surface area contributed by atoms with Gasteiger partial charge in [-0.1, -0.05) is 6.07 Å². The van der Waals surface area contributed by atoms with Gasteiger partial charge in [-0.15, -0.1) is 11.3 Å². The number of nitrogen functional groups attached to an aromatic ring is 1. The molecule has 0 fully saturated rings. The number of nitrogens with zero attached hydrogens (tertiary/aromatic N) is 3. The molecule has 0 radical (unpaired) electrons. The molecule has 2 aromatic rings. The van der Waals surface area contributed by atoms with Crippen molar-refractivity contribution in [3.63, 3.8) is 0 Å². The molecule has 0 aliphatic carbocycles. The summed E-state index contributed by atoms with van der Waals surface area (Å²) in [5, 5.41) is 11.0. The number of nitrogens with two attached hydrogens (primary N) is 1. The van der Waals surface area contributed by atoms with Gasteiger partial charge in [0, 0.05) is 24.4 Å². The fourth-order valence-corrected chi connectivity index (χ4v) is 2.65. The third-order valence-electron chi connectivity index (χ3n) is 3.12. The quantitative estimate of drug-likeness (QED) is 0.929. The molecular formula is C14H16N4S. The minimum absolute atomic E-state index is 0.285. The lowest BCUT2D eigenvalue weighted by Gasteiger charge is -2.25. The van der Waals surface area contributed by atoms with Crippen molar-refractivity contribution < 1.29 is 0 Å². The van der Waals surface area contributed by atoms with Crippen molar-refractivity contribution in [1.82, 2.24) is 4.98 Å². The average Bonchev–Trinajstić information content (AvgIpc) is 2.91. The van der Waals surface area contributed by atoms with Crippen LogP contribution in [0, 0.1) is 11.3 Å². The Labute approximate surface area is 117 Å². The second-order valence-corrected chi connectivity index (χ2v) is 5.49. The van der Waals surface area contributed by atoms with Gasteiger partial charge in [-0.2, -0.15) is 5.26 Å². The summed E-state index contributed by atoms with van der Waals surface area (Å²) < 4.78 is 0. The number of hydrogen-bond donors (Lipinski definition) is 1. The number of hydrogen-bond acceptors (Lipinski definition) is 5. The number of likely N-dealkylation sites (N-methyl/N-ethyl adjacent to an activating group) is 1. The van der Waals surface area contributed by atoms with Crippen molar-refractivity contribution in [2.45, 2.75) is 19.4 Å². The van der Waals surface area contributed by atoms with Gasteiger partial charge in [0.25, 0.3) is 0 Å². The normalized spacial score (nSPS) is 11.8. The van der Waals surface area contributed by atoms with Crippen LogP contribution >= 0.6 is 11.3 Å². The number of nitriles is 1. The van der Waals surface area contributed by atoms with Crippen LogP contribution in [0.25, 0.3) is 0 Å². The molecule has 2 N–H and O–H groups in total. The van der Waals surface area contributed by atoms with Gasteiger partial charge in [0.2, 0.25) is 0 Å². The molecule has 2 aromatic heterocycles. The second kappa shape index (κ2) is 5.72. The topological polar surface area (TPSA) is 65.9 Å². The first-order chi connectivity index (χ1) is 9.11. The molecule has 0 saturated heterocycles. The van der Waals surface area contributed by atoms with Crippen molar-refractivity contribution in [3.05, 3.63) is 40.2 Å². The van der Waals surface area contributed by atoms with Gasteiger partial charge in [0.15, 0.2) is 5.69 Å². The van der Waals surface area contributed by atoms with Crippen molar-refractivity contribution in [1.29, 1.82) is 5.26 Å². The van der Waals surface area contributed by atoms with Gasteiger partial charge in [-0.3, -0.25) is 0 Å². The molecule has 1 atom stereocenters. The highest BCUT2D eigenvalue weighted by Crippen LogP contribution is 2.20. The average molecular weight is 272 g/mol. The first kappa shape index (κ1) is 13.4. The van der Waals surface area contributed by atoms with Gasteiger partial charge in [-0.05, 0) is 30.5 Å². The Bertz CT molecular complexity index is 586. The zero-order chi connectivity index (χ0) is 13.8. The highest BCUT2D eigenvalue weighted by molar-refractivity contribution is 7.09. The van der Waals surface area contributed by atoms with Gasteiger partial charge in [0.1, 0.15) is 11.9 Å². The van der Waals surface area contributed by atoms with Crippen LogP contribution in [0.15, 0.2) is 29.6 Å². The van der Waals surface area contributed by atoms with E-state index in [-0.39, 0.29) is 5.69 Å². The van der Waals surface area contributed by atoms with Crippen LogP contribution in [-0.2, 0) is 6.42 Å². The van der Waals surface area contributed by atoms with Gasteiger partial charge in [-0.25, -0.2) is 4.98 Å². The highest BCUT2D eigenvalue weighted by Gasteiger charge is 2.13. The lowest BCUT2D eigenvalue weighted by Crippen LogP contribution is -2.31. The van der Waals surface area contributed by atoms with E-state index < -0.39 is 0 Å². The largest absolute Gasteiger partial charge is 0.396 e. The number of anilines is 2. The van der Waals surface area contributed by atoms with Crippen LogP contribution in [-0.4, -0.2) is 18.1 Å². The summed E-state index contributed by atoms with van der Waals surface area (Å²) in [6.45, 7) is 2.14. The number of rotatable bonds is 4. The van der Waals surface area contributed by atoms with Crippen molar-refractivity contribution in [3.8, 4) is 6.07 Å². The molecule has 2 heterocycles. The Morgan fingerprint density at radius 1 is 1.47 bits per heavy atom. The third-order valence-corrected chi connectivity index (χ3v) is 4.02. The lowest BCUT2D eigenvalue weighted by molar-refractivity contribution is 0.680. The third kappa shape index (κ3) is 3.04. The van der Waals surface area contributed by atoms with E-state index in [1.54, 1.807) is 17.4 Å². The molecule has 0 aliphatic heterocycles. The maximum atomic E-state index is 8.96. The van der Waals surface area contributed by atoms with Crippen molar-refractivity contribution in [2.24, 2.45) is 0 Å². The van der Waals surface area contributed by atoms with Crippen LogP contribution in [0.3, 0.4) is 0 Å². The minimum Gasteiger partial charge on any atom is -0.396 e. The predicted molar refractivity (Wildman–Crippen MR) is 79.3 cm³/mol. The molecular weight excluding hydrogens is 256 g/mol. The summed E-state index contributed by atoms with van der Waals surface area (Å²) >= 11 is 1.75. The molecule has 98 valence electrons. The summed E-state index contributed by atoms with van der Waals surface area (Å²) in [5.41, 5.74) is 6.39. The van der Waals surface area contributed by atoms with Crippen LogP contribution < -0.4 is 10.6 Å². The van der Waals surface area contributed by atoms with Crippen molar-refractivity contribution >= 4 is 22.8 Å². The Morgan fingerprint density at radius 2 is 2.26 bits per heavy atom. The van der Waals surface area contributed by atoms with E-state index in [1.165, 1.54) is 4.88 Å². The Kier molecular flexibility index (Phi) is 4.03. The smallest absolute Gasteiger partial charge is 0.165 e. The molecule has 19 heavy (non-hydrogen) atoms. The zero-order valence-electron chi connectivity index (χ0n) is 11.0. The highest BCUT2D eigenvalue weighted by atomic mass is 32.1. The van der Waals surface area contributed by atoms with Gasteiger partial charge < -0.3 is 10.6 Å². The van der Waals surface area contributed by atoms with Gasteiger partial charge >= 0.3 is 0 Å². The maximum absolute atomic E-state index is 8.96. The molecule has 0 bridgehead atoms. The predicted octanol–water partition coefficient (Wildman–Crippen LogP) is 2.66. The Morgan fingerprint density at radius 3 is 2.89 bits per heavy atom. The first-order valence-corrected chi connectivity index (χ1v) is 6.91. The molecule has 0 saturated carbocycles. The molecule has 0 amide bonds. The van der Waals surface area contributed by atoms with Crippen LogP contribution in [0.2, 0.25) is 0 Å². The van der Waals surface area contributed by atoms with Crippen molar-refractivity contribution in [2.75, 3.05) is 17.7 Å². The summed E-state index contributed by atoms with van der Waals surface area (Å²) in [7, 11) is 1.98. The monoisotopic (exact) mass is 272 g/mol. The zero-order valence-corrected chi connectivity index (χ0v) is 11.8. The summed E-state index contributed by atoms with van der Waals surface area (Å²) in [5.74, 6) is 0.773. The first-order valence-electron chi connectivity index (χ1n) is 6.03.